The average Bonchev–Trinajstić information content (AvgIpc) is 2.56. The Bertz CT molecular complexity index is 779. The first-order valence-corrected chi connectivity index (χ1v) is 7.36. The zero-order valence-corrected chi connectivity index (χ0v) is 13.6. The van der Waals surface area contributed by atoms with Gasteiger partial charge in [-0.05, 0) is 29.8 Å². The van der Waals surface area contributed by atoms with Gasteiger partial charge in [-0.1, -0.05) is 29.3 Å². The minimum absolute atomic E-state index is 0.0250. The molecule has 1 N–H and O–H groups in total. The minimum atomic E-state index is -0.499. The second-order valence-corrected chi connectivity index (χ2v) is 5.27. The van der Waals surface area contributed by atoms with Gasteiger partial charge < -0.3 is 4.74 Å². The van der Waals surface area contributed by atoms with Gasteiger partial charge >= 0.3 is 0 Å². The van der Waals surface area contributed by atoms with E-state index in [0.717, 1.165) is 0 Å². The summed E-state index contributed by atoms with van der Waals surface area (Å²) in [6.07, 6.45) is 1.36. The molecule has 9 heteroatoms. The topological polar surface area (TPSA) is 93.8 Å². The molecule has 124 valence electrons. The first-order valence-electron chi connectivity index (χ1n) is 6.60. The molecule has 1 amide bonds. The van der Waals surface area contributed by atoms with E-state index >= 15 is 0 Å². The fourth-order valence-electron chi connectivity index (χ4n) is 1.63. The van der Waals surface area contributed by atoms with E-state index < -0.39 is 10.8 Å². The van der Waals surface area contributed by atoms with E-state index in [0.29, 0.717) is 16.3 Å². The molecule has 0 aliphatic rings. The molecule has 0 radical (unpaired) electrons. The molecule has 0 spiro atoms. The van der Waals surface area contributed by atoms with Crippen LogP contribution in [-0.4, -0.2) is 23.7 Å². The van der Waals surface area contributed by atoms with Crippen LogP contribution in [0.4, 0.5) is 5.69 Å². The van der Waals surface area contributed by atoms with Crippen molar-refractivity contribution in [3.05, 3.63) is 68.2 Å². The zero-order valence-electron chi connectivity index (χ0n) is 12.1. The van der Waals surface area contributed by atoms with Gasteiger partial charge in [-0.25, -0.2) is 5.43 Å². The fourth-order valence-corrected chi connectivity index (χ4v) is 1.98. The summed E-state index contributed by atoms with van der Waals surface area (Å²) in [7, 11) is 0. The molecule has 0 bridgehead atoms. The normalized spacial score (nSPS) is 10.6. The van der Waals surface area contributed by atoms with Crippen molar-refractivity contribution in [2.45, 2.75) is 0 Å². The summed E-state index contributed by atoms with van der Waals surface area (Å²) in [6, 6.07) is 10.5. The lowest BCUT2D eigenvalue weighted by molar-refractivity contribution is -0.384. The molecule has 7 nitrogen and oxygen atoms in total. The molecule has 0 aliphatic heterocycles. The first-order chi connectivity index (χ1) is 11.5. The van der Waals surface area contributed by atoms with Crippen molar-refractivity contribution in [1.82, 2.24) is 5.43 Å². The number of hydrazone groups is 1. The molecular weight excluding hydrogens is 357 g/mol. The van der Waals surface area contributed by atoms with Crippen molar-refractivity contribution in [3.8, 4) is 5.75 Å². The first kappa shape index (κ1) is 17.7. The Morgan fingerprint density at radius 2 is 1.96 bits per heavy atom. The predicted molar refractivity (Wildman–Crippen MR) is 90.8 cm³/mol. The van der Waals surface area contributed by atoms with E-state index in [1.165, 1.54) is 30.5 Å². The van der Waals surface area contributed by atoms with Crippen molar-refractivity contribution in [2.24, 2.45) is 5.10 Å². The van der Waals surface area contributed by atoms with Crippen LogP contribution in [0.2, 0.25) is 10.0 Å². The van der Waals surface area contributed by atoms with Crippen LogP contribution in [-0.2, 0) is 4.79 Å². The number of amides is 1. The van der Waals surface area contributed by atoms with E-state index in [9.17, 15) is 14.9 Å². The molecule has 0 heterocycles. The van der Waals surface area contributed by atoms with Gasteiger partial charge in [0.15, 0.2) is 6.61 Å². The van der Waals surface area contributed by atoms with Crippen LogP contribution in [0.25, 0.3) is 0 Å². The summed E-state index contributed by atoms with van der Waals surface area (Å²) in [5.41, 5.74) is 2.84. The lowest BCUT2D eigenvalue weighted by atomic mass is 10.2. The number of nitro benzene ring substituents is 1. The Labute approximate surface area is 147 Å². The zero-order chi connectivity index (χ0) is 17.5. The number of halogens is 2. The predicted octanol–water partition coefficient (Wildman–Crippen LogP) is 3.43. The molecule has 0 atom stereocenters. The van der Waals surface area contributed by atoms with Gasteiger partial charge in [0.05, 0.1) is 16.2 Å². The van der Waals surface area contributed by atoms with Crippen molar-refractivity contribution < 1.29 is 14.5 Å². The number of carbonyl (C=O) groups is 1. The molecule has 0 saturated carbocycles. The number of nitro groups is 1. The average molecular weight is 368 g/mol. The van der Waals surface area contributed by atoms with Gasteiger partial charge in [0, 0.05) is 12.1 Å². The summed E-state index contributed by atoms with van der Waals surface area (Å²) < 4.78 is 5.25. The monoisotopic (exact) mass is 367 g/mol. The minimum Gasteiger partial charge on any atom is -0.482 e. The molecule has 0 unspecified atom stereocenters. The lowest BCUT2D eigenvalue weighted by Gasteiger charge is -2.07. The number of carbonyl (C=O) groups excluding carboxylic acids is 1. The van der Waals surface area contributed by atoms with E-state index in [2.05, 4.69) is 10.5 Å². The highest BCUT2D eigenvalue weighted by Gasteiger charge is 2.08. The smallest absolute Gasteiger partial charge is 0.277 e. The number of non-ortho nitro benzene ring substituents is 1. The summed E-state index contributed by atoms with van der Waals surface area (Å²) in [5, 5.41) is 14.8. The molecule has 2 aromatic carbocycles. The van der Waals surface area contributed by atoms with Crippen LogP contribution in [0, 0.1) is 10.1 Å². The molecule has 2 rings (SSSR count). The summed E-state index contributed by atoms with van der Waals surface area (Å²) in [4.78, 5) is 21.7. The number of ether oxygens (including phenoxy) is 1. The standard InChI is InChI=1S/C15H11Cl2N3O4/c16-12-2-1-3-13(15(12)17)24-9-14(21)19-18-8-10-4-6-11(7-5-10)20(22)23/h1-8H,9H2,(H,19,21)/b18-8+. The van der Waals surface area contributed by atoms with Gasteiger partial charge in [-0.3, -0.25) is 14.9 Å². The van der Waals surface area contributed by atoms with E-state index in [1.807, 2.05) is 0 Å². The third kappa shape index (κ3) is 4.94. The Morgan fingerprint density at radius 3 is 2.62 bits per heavy atom. The van der Waals surface area contributed by atoms with Crippen LogP contribution in [0.5, 0.6) is 5.75 Å². The number of nitrogens with zero attached hydrogens (tertiary/aromatic N) is 2. The maximum absolute atomic E-state index is 11.6. The van der Waals surface area contributed by atoms with Crippen LogP contribution in [0.1, 0.15) is 5.56 Å². The summed E-state index contributed by atoms with van der Waals surface area (Å²) >= 11 is 11.8. The third-order valence-corrected chi connectivity index (χ3v) is 3.58. The van der Waals surface area contributed by atoms with Gasteiger partial charge in [-0.2, -0.15) is 5.10 Å². The molecule has 0 fully saturated rings. The van der Waals surface area contributed by atoms with Crippen molar-refractivity contribution in [1.29, 1.82) is 0 Å². The highest BCUT2D eigenvalue weighted by molar-refractivity contribution is 6.42. The Hall–Kier alpha value is -2.64. The second kappa shape index (κ2) is 8.28. The largest absolute Gasteiger partial charge is 0.482 e. The molecule has 0 aliphatic carbocycles. The molecular formula is C15H11Cl2N3O4. The molecule has 0 saturated heterocycles. The van der Waals surface area contributed by atoms with Crippen LogP contribution in [0.15, 0.2) is 47.6 Å². The van der Waals surface area contributed by atoms with Crippen molar-refractivity contribution >= 4 is 41.0 Å². The SMILES string of the molecule is O=C(COc1cccc(Cl)c1Cl)N/N=C/c1ccc([N+](=O)[O-])cc1. The number of hydrogen-bond acceptors (Lipinski definition) is 5. The molecule has 0 aromatic heterocycles. The maximum Gasteiger partial charge on any atom is 0.277 e. The Kier molecular flexibility index (Phi) is 6.11. The lowest BCUT2D eigenvalue weighted by Crippen LogP contribution is -2.24. The van der Waals surface area contributed by atoms with Gasteiger partial charge in [0.1, 0.15) is 10.8 Å². The Balaban J connectivity index is 1.84. The van der Waals surface area contributed by atoms with Gasteiger partial charge in [0.2, 0.25) is 0 Å². The quantitative estimate of drug-likeness (QED) is 0.480. The highest BCUT2D eigenvalue weighted by Crippen LogP contribution is 2.31. The van der Waals surface area contributed by atoms with Crippen LogP contribution >= 0.6 is 23.2 Å². The number of nitrogens with one attached hydrogen (secondary N) is 1. The summed E-state index contributed by atoms with van der Waals surface area (Å²) in [6.45, 7) is -0.294. The van der Waals surface area contributed by atoms with E-state index in [4.69, 9.17) is 27.9 Å². The third-order valence-electron chi connectivity index (χ3n) is 2.78. The molecule has 2 aromatic rings. The highest BCUT2D eigenvalue weighted by atomic mass is 35.5. The fraction of sp³-hybridized carbons (Fsp3) is 0.0667. The maximum atomic E-state index is 11.6. The molecule has 24 heavy (non-hydrogen) atoms. The Morgan fingerprint density at radius 1 is 1.25 bits per heavy atom. The number of hydrogen-bond donors (Lipinski definition) is 1. The number of rotatable bonds is 6. The second-order valence-electron chi connectivity index (χ2n) is 4.48. The van der Waals surface area contributed by atoms with E-state index in [1.54, 1.807) is 18.2 Å². The van der Waals surface area contributed by atoms with Crippen molar-refractivity contribution in [2.75, 3.05) is 6.61 Å². The van der Waals surface area contributed by atoms with E-state index in [-0.39, 0.29) is 17.3 Å². The summed E-state index contributed by atoms with van der Waals surface area (Å²) in [5.74, 6) is -0.206. The van der Waals surface area contributed by atoms with Crippen LogP contribution in [0.3, 0.4) is 0 Å². The van der Waals surface area contributed by atoms with Crippen molar-refractivity contribution in [3.63, 3.8) is 0 Å². The van der Waals surface area contributed by atoms with Gasteiger partial charge in [0.25, 0.3) is 11.6 Å². The van der Waals surface area contributed by atoms with Crippen LogP contribution < -0.4 is 10.2 Å². The van der Waals surface area contributed by atoms with Gasteiger partial charge in [-0.15, -0.1) is 0 Å². The number of benzene rings is 2.